The fourth-order valence-corrected chi connectivity index (χ4v) is 1.49. The molecule has 0 bridgehead atoms. The van der Waals surface area contributed by atoms with Crippen LogP contribution in [0.25, 0.3) is 0 Å². The van der Waals surface area contributed by atoms with Crippen LogP contribution in [0.2, 0.25) is 0 Å². The van der Waals surface area contributed by atoms with Crippen LogP contribution in [0.3, 0.4) is 0 Å². The number of hydrogen-bond acceptors (Lipinski definition) is 4. The predicted molar refractivity (Wildman–Crippen MR) is 66.2 cm³/mol. The van der Waals surface area contributed by atoms with Crippen LogP contribution in [0.15, 0.2) is 18.2 Å². The molecule has 0 aliphatic heterocycles. The van der Waals surface area contributed by atoms with E-state index in [-0.39, 0.29) is 24.3 Å². The molecule has 0 aliphatic carbocycles. The molecule has 0 unspecified atom stereocenters. The molecule has 98 valence electrons. The second kappa shape index (κ2) is 6.02. The van der Waals surface area contributed by atoms with E-state index in [1.807, 2.05) is 0 Å². The van der Waals surface area contributed by atoms with E-state index >= 15 is 0 Å². The van der Waals surface area contributed by atoms with Crippen molar-refractivity contribution in [2.45, 2.75) is 19.4 Å². The standard InChI is InChI=1S/C12H16N2O4/c1-7-2-3-9(13)8(6-7)11(16)14-10(4-5-15)12(17)18/h2-3,6,10,15H,4-5,13H2,1H3,(H,14,16)(H,17,18)/t10-/m0/s1. The van der Waals surface area contributed by atoms with Gasteiger partial charge in [0, 0.05) is 18.7 Å². The molecule has 1 atom stereocenters. The van der Waals surface area contributed by atoms with Gasteiger partial charge in [0.1, 0.15) is 6.04 Å². The number of hydrogen-bond donors (Lipinski definition) is 4. The summed E-state index contributed by atoms with van der Waals surface area (Å²) < 4.78 is 0. The number of nitrogens with one attached hydrogen (secondary N) is 1. The fraction of sp³-hybridized carbons (Fsp3) is 0.333. The molecule has 0 aromatic heterocycles. The molecule has 5 N–H and O–H groups in total. The highest BCUT2D eigenvalue weighted by Gasteiger charge is 2.21. The Bertz CT molecular complexity index is 459. The molecule has 0 fully saturated rings. The number of carboxylic acid groups (broad SMARTS) is 1. The monoisotopic (exact) mass is 252 g/mol. The number of aliphatic hydroxyl groups excluding tert-OH is 1. The molecule has 0 heterocycles. The SMILES string of the molecule is Cc1ccc(N)c(C(=O)N[C@@H](CCO)C(=O)O)c1. The number of nitrogen functional groups attached to an aromatic ring is 1. The Kier molecular flexibility index (Phi) is 4.67. The first-order valence-corrected chi connectivity index (χ1v) is 5.46. The summed E-state index contributed by atoms with van der Waals surface area (Å²) in [6, 6.07) is 3.81. The highest BCUT2D eigenvalue weighted by molar-refractivity contribution is 6.01. The minimum Gasteiger partial charge on any atom is -0.480 e. The molecular weight excluding hydrogens is 236 g/mol. The summed E-state index contributed by atoms with van der Waals surface area (Å²) in [5, 5.41) is 19.9. The minimum atomic E-state index is -1.19. The van der Waals surface area contributed by atoms with Gasteiger partial charge in [-0.15, -0.1) is 0 Å². The third kappa shape index (κ3) is 3.46. The number of aliphatic hydroxyl groups is 1. The van der Waals surface area contributed by atoms with E-state index in [2.05, 4.69) is 5.32 Å². The highest BCUT2D eigenvalue weighted by atomic mass is 16.4. The Morgan fingerprint density at radius 2 is 2.11 bits per heavy atom. The molecule has 0 saturated carbocycles. The van der Waals surface area contributed by atoms with Gasteiger partial charge in [0.2, 0.25) is 0 Å². The van der Waals surface area contributed by atoms with Crippen LogP contribution in [0.5, 0.6) is 0 Å². The lowest BCUT2D eigenvalue weighted by Crippen LogP contribution is -2.41. The molecule has 18 heavy (non-hydrogen) atoms. The molecule has 0 aliphatic rings. The number of benzene rings is 1. The number of carbonyl (C=O) groups is 2. The molecular formula is C12H16N2O4. The van der Waals surface area contributed by atoms with Crippen LogP contribution in [0.1, 0.15) is 22.3 Å². The number of carboxylic acids is 1. The van der Waals surface area contributed by atoms with Crippen molar-refractivity contribution in [3.8, 4) is 0 Å². The lowest BCUT2D eigenvalue weighted by atomic mass is 10.1. The van der Waals surface area contributed by atoms with Gasteiger partial charge in [0.15, 0.2) is 0 Å². The van der Waals surface area contributed by atoms with E-state index in [1.54, 1.807) is 25.1 Å². The third-order valence-electron chi connectivity index (χ3n) is 2.47. The van der Waals surface area contributed by atoms with Crippen LogP contribution in [-0.2, 0) is 4.79 Å². The quantitative estimate of drug-likeness (QED) is 0.557. The average molecular weight is 252 g/mol. The molecule has 6 heteroatoms. The predicted octanol–water partition coefficient (Wildman–Crippen LogP) is 0.143. The number of aliphatic carboxylic acids is 1. The van der Waals surface area contributed by atoms with Gasteiger partial charge in [-0.25, -0.2) is 4.79 Å². The maximum absolute atomic E-state index is 11.9. The number of aryl methyl sites for hydroxylation is 1. The zero-order valence-electron chi connectivity index (χ0n) is 10.0. The van der Waals surface area contributed by atoms with Crippen molar-refractivity contribution in [3.05, 3.63) is 29.3 Å². The van der Waals surface area contributed by atoms with Crippen molar-refractivity contribution in [1.29, 1.82) is 0 Å². The van der Waals surface area contributed by atoms with Crippen LogP contribution < -0.4 is 11.1 Å². The van der Waals surface area contributed by atoms with Gasteiger partial charge >= 0.3 is 5.97 Å². The average Bonchev–Trinajstić information content (AvgIpc) is 2.31. The van der Waals surface area contributed by atoms with Crippen molar-refractivity contribution >= 4 is 17.6 Å². The summed E-state index contributed by atoms with van der Waals surface area (Å²) in [7, 11) is 0. The summed E-state index contributed by atoms with van der Waals surface area (Å²) in [4.78, 5) is 22.7. The van der Waals surface area contributed by atoms with Gasteiger partial charge in [-0.3, -0.25) is 4.79 Å². The Labute approximate surface area is 104 Å². The van der Waals surface area contributed by atoms with Gasteiger partial charge in [0.05, 0.1) is 5.56 Å². The number of anilines is 1. The summed E-state index contributed by atoms with van der Waals surface area (Å²) in [5.41, 5.74) is 7.03. The van der Waals surface area contributed by atoms with Gasteiger partial charge in [-0.1, -0.05) is 11.6 Å². The van der Waals surface area contributed by atoms with Crippen LogP contribution in [-0.4, -0.2) is 34.7 Å². The van der Waals surface area contributed by atoms with Gasteiger partial charge in [-0.2, -0.15) is 0 Å². The number of carbonyl (C=O) groups excluding carboxylic acids is 1. The van der Waals surface area contributed by atoms with E-state index < -0.39 is 17.9 Å². The Morgan fingerprint density at radius 3 is 2.67 bits per heavy atom. The van der Waals surface area contributed by atoms with Crippen molar-refractivity contribution < 1.29 is 19.8 Å². The first-order valence-electron chi connectivity index (χ1n) is 5.46. The molecule has 0 radical (unpaired) electrons. The van der Waals surface area contributed by atoms with Crippen molar-refractivity contribution in [3.63, 3.8) is 0 Å². The van der Waals surface area contributed by atoms with Crippen molar-refractivity contribution in [2.24, 2.45) is 0 Å². The molecule has 0 saturated heterocycles. The van der Waals surface area contributed by atoms with E-state index in [0.717, 1.165) is 5.56 Å². The number of nitrogens with two attached hydrogens (primary N) is 1. The van der Waals surface area contributed by atoms with E-state index in [9.17, 15) is 9.59 Å². The van der Waals surface area contributed by atoms with Crippen molar-refractivity contribution in [1.82, 2.24) is 5.32 Å². The highest BCUT2D eigenvalue weighted by Crippen LogP contribution is 2.13. The van der Waals surface area contributed by atoms with E-state index in [0.29, 0.717) is 0 Å². The smallest absolute Gasteiger partial charge is 0.326 e. The van der Waals surface area contributed by atoms with E-state index in [1.165, 1.54) is 0 Å². The van der Waals surface area contributed by atoms with Gasteiger partial charge in [0.25, 0.3) is 5.91 Å². The normalized spacial score (nSPS) is 11.9. The summed E-state index contributed by atoms with van der Waals surface area (Å²) >= 11 is 0. The molecule has 1 aromatic carbocycles. The van der Waals surface area contributed by atoms with Crippen molar-refractivity contribution in [2.75, 3.05) is 12.3 Å². The zero-order valence-corrected chi connectivity index (χ0v) is 10.0. The molecule has 0 spiro atoms. The number of amides is 1. The Balaban J connectivity index is 2.86. The largest absolute Gasteiger partial charge is 0.480 e. The molecule has 1 rings (SSSR count). The maximum atomic E-state index is 11.9. The zero-order chi connectivity index (χ0) is 13.7. The van der Waals surface area contributed by atoms with Crippen LogP contribution >= 0.6 is 0 Å². The molecule has 1 aromatic rings. The molecule has 1 amide bonds. The topological polar surface area (TPSA) is 113 Å². The maximum Gasteiger partial charge on any atom is 0.326 e. The van der Waals surface area contributed by atoms with E-state index in [4.69, 9.17) is 15.9 Å². The summed E-state index contributed by atoms with van der Waals surface area (Å²) in [6.45, 7) is 1.49. The second-order valence-electron chi connectivity index (χ2n) is 3.97. The first-order chi connectivity index (χ1) is 8.45. The fourth-order valence-electron chi connectivity index (χ4n) is 1.49. The molecule has 6 nitrogen and oxygen atoms in total. The number of rotatable bonds is 5. The van der Waals surface area contributed by atoms with Crippen LogP contribution in [0, 0.1) is 6.92 Å². The minimum absolute atomic E-state index is 0.0488. The Hall–Kier alpha value is -2.08. The summed E-state index contributed by atoms with van der Waals surface area (Å²) in [5.74, 6) is -1.75. The first kappa shape index (κ1) is 14.0. The Morgan fingerprint density at radius 1 is 1.44 bits per heavy atom. The van der Waals surface area contributed by atoms with Crippen LogP contribution in [0.4, 0.5) is 5.69 Å². The lowest BCUT2D eigenvalue weighted by molar-refractivity contribution is -0.139. The third-order valence-corrected chi connectivity index (χ3v) is 2.47. The second-order valence-corrected chi connectivity index (χ2v) is 3.97. The van der Waals surface area contributed by atoms with Gasteiger partial charge < -0.3 is 21.3 Å². The summed E-state index contributed by atoms with van der Waals surface area (Å²) in [6.07, 6.45) is -0.0488. The van der Waals surface area contributed by atoms with Gasteiger partial charge in [-0.05, 0) is 19.1 Å². The lowest BCUT2D eigenvalue weighted by Gasteiger charge is -2.14.